The summed E-state index contributed by atoms with van der Waals surface area (Å²) in [4.78, 5) is 26.6. The lowest BCUT2D eigenvalue weighted by molar-refractivity contribution is 0.0529. The fourth-order valence-corrected chi connectivity index (χ4v) is 4.20. The van der Waals surface area contributed by atoms with Crippen LogP contribution in [0.2, 0.25) is 0 Å². The van der Waals surface area contributed by atoms with E-state index in [1.807, 2.05) is 37.3 Å². The first-order valence-electron chi connectivity index (χ1n) is 9.39. The van der Waals surface area contributed by atoms with E-state index in [9.17, 15) is 9.59 Å². The van der Waals surface area contributed by atoms with Crippen molar-refractivity contribution in [2.45, 2.75) is 13.8 Å². The second-order valence-corrected chi connectivity index (χ2v) is 7.57. The standard InChI is InChI=1S/C23H23NO5S/c1-5-29-23(26)20-19(15-9-7-6-8-10-15)14(2)30-22(20)24-21(25)16-11-12-17(27-3)18(13-16)28-4/h6-13H,5H2,1-4H3,(H,24,25). The van der Waals surface area contributed by atoms with Gasteiger partial charge >= 0.3 is 5.97 Å². The largest absolute Gasteiger partial charge is 0.493 e. The Labute approximate surface area is 179 Å². The maximum Gasteiger partial charge on any atom is 0.341 e. The zero-order valence-electron chi connectivity index (χ0n) is 17.3. The van der Waals surface area contributed by atoms with Crippen molar-refractivity contribution in [1.82, 2.24) is 0 Å². The van der Waals surface area contributed by atoms with E-state index >= 15 is 0 Å². The third-order valence-corrected chi connectivity index (χ3v) is 5.52. The normalized spacial score (nSPS) is 10.4. The molecule has 1 amide bonds. The maximum atomic E-state index is 12.9. The highest BCUT2D eigenvalue weighted by atomic mass is 32.1. The number of esters is 1. The Morgan fingerprint density at radius 1 is 1.00 bits per heavy atom. The monoisotopic (exact) mass is 425 g/mol. The lowest BCUT2D eigenvalue weighted by Gasteiger charge is -2.11. The Kier molecular flexibility index (Phi) is 6.74. The van der Waals surface area contributed by atoms with Crippen LogP contribution in [0.5, 0.6) is 11.5 Å². The Morgan fingerprint density at radius 2 is 1.70 bits per heavy atom. The zero-order chi connectivity index (χ0) is 21.7. The number of hydrogen-bond donors (Lipinski definition) is 1. The van der Waals surface area contributed by atoms with Gasteiger partial charge in [0.25, 0.3) is 5.91 Å². The van der Waals surface area contributed by atoms with Crippen LogP contribution in [0, 0.1) is 6.92 Å². The molecule has 0 spiro atoms. The molecule has 0 bridgehead atoms. The highest BCUT2D eigenvalue weighted by molar-refractivity contribution is 7.17. The summed E-state index contributed by atoms with van der Waals surface area (Å²) in [6.45, 7) is 3.91. The van der Waals surface area contributed by atoms with Crippen molar-refractivity contribution in [2.75, 3.05) is 26.1 Å². The summed E-state index contributed by atoms with van der Waals surface area (Å²) in [5, 5.41) is 3.32. The van der Waals surface area contributed by atoms with Gasteiger partial charge in [0.1, 0.15) is 10.6 Å². The number of thiophene rings is 1. The van der Waals surface area contributed by atoms with Crippen LogP contribution in [-0.4, -0.2) is 32.7 Å². The average Bonchev–Trinajstić information content (AvgIpc) is 3.09. The molecule has 6 nitrogen and oxygen atoms in total. The number of carbonyl (C=O) groups is 2. The molecule has 30 heavy (non-hydrogen) atoms. The van der Waals surface area contributed by atoms with Crippen molar-refractivity contribution in [3.05, 3.63) is 64.5 Å². The molecule has 3 rings (SSSR count). The molecule has 0 radical (unpaired) electrons. The third kappa shape index (κ3) is 4.31. The van der Waals surface area contributed by atoms with Crippen molar-refractivity contribution in [1.29, 1.82) is 0 Å². The topological polar surface area (TPSA) is 73.9 Å². The lowest BCUT2D eigenvalue weighted by Crippen LogP contribution is -2.15. The van der Waals surface area contributed by atoms with Crippen LogP contribution in [-0.2, 0) is 4.74 Å². The highest BCUT2D eigenvalue weighted by Gasteiger charge is 2.26. The van der Waals surface area contributed by atoms with E-state index in [2.05, 4.69) is 5.32 Å². The van der Waals surface area contributed by atoms with Crippen LogP contribution >= 0.6 is 11.3 Å². The molecule has 0 fully saturated rings. The number of nitrogens with one attached hydrogen (secondary N) is 1. The van der Waals surface area contributed by atoms with Crippen LogP contribution in [0.4, 0.5) is 5.00 Å². The van der Waals surface area contributed by atoms with E-state index in [1.54, 1.807) is 25.1 Å². The number of hydrogen-bond acceptors (Lipinski definition) is 6. The molecule has 0 saturated carbocycles. The molecule has 7 heteroatoms. The summed E-state index contributed by atoms with van der Waals surface area (Å²) >= 11 is 1.34. The zero-order valence-corrected chi connectivity index (χ0v) is 18.1. The van der Waals surface area contributed by atoms with E-state index in [4.69, 9.17) is 14.2 Å². The molecule has 3 aromatic rings. The Hall–Kier alpha value is -3.32. The number of aryl methyl sites for hydroxylation is 1. The van der Waals surface area contributed by atoms with E-state index in [0.29, 0.717) is 27.6 Å². The molecule has 0 saturated heterocycles. The first kappa shape index (κ1) is 21.4. The molecule has 0 aliphatic heterocycles. The van der Waals surface area contributed by atoms with Crippen LogP contribution in [0.1, 0.15) is 32.5 Å². The second kappa shape index (κ2) is 9.45. The van der Waals surface area contributed by atoms with Crippen molar-refractivity contribution in [3.8, 4) is 22.6 Å². The number of methoxy groups -OCH3 is 2. The first-order chi connectivity index (χ1) is 14.5. The van der Waals surface area contributed by atoms with Gasteiger partial charge in [-0.1, -0.05) is 30.3 Å². The number of amides is 1. The summed E-state index contributed by atoms with van der Waals surface area (Å²) in [6, 6.07) is 14.5. The van der Waals surface area contributed by atoms with Gasteiger partial charge in [-0.3, -0.25) is 4.79 Å². The minimum Gasteiger partial charge on any atom is -0.493 e. The smallest absolute Gasteiger partial charge is 0.341 e. The Balaban J connectivity index is 2.02. The van der Waals surface area contributed by atoms with Crippen molar-refractivity contribution in [3.63, 3.8) is 0 Å². The van der Waals surface area contributed by atoms with Gasteiger partial charge in [-0.15, -0.1) is 11.3 Å². The molecule has 0 atom stereocenters. The van der Waals surface area contributed by atoms with Crippen LogP contribution in [0.25, 0.3) is 11.1 Å². The SMILES string of the molecule is CCOC(=O)c1c(NC(=O)c2ccc(OC)c(OC)c2)sc(C)c1-c1ccccc1. The summed E-state index contributed by atoms with van der Waals surface area (Å²) in [7, 11) is 3.04. The molecule has 0 unspecified atom stereocenters. The highest BCUT2D eigenvalue weighted by Crippen LogP contribution is 2.40. The van der Waals surface area contributed by atoms with Crippen molar-refractivity contribution >= 4 is 28.2 Å². The van der Waals surface area contributed by atoms with Crippen molar-refractivity contribution in [2.24, 2.45) is 0 Å². The molecule has 1 heterocycles. The van der Waals surface area contributed by atoms with Gasteiger partial charge in [0.05, 0.1) is 20.8 Å². The molecular weight excluding hydrogens is 402 g/mol. The van der Waals surface area contributed by atoms with Crippen molar-refractivity contribution < 1.29 is 23.8 Å². The van der Waals surface area contributed by atoms with Gasteiger partial charge in [-0.2, -0.15) is 0 Å². The first-order valence-corrected chi connectivity index (χ1v) is 10.2. The third-order valence-electron chi connectivity index (χ3n) is 4.50. The summed E-state index contributed by atoms with van der Waals surface area (Å²) in [5.74, 6) is 0.147. The minimum absolute atomic E-state index is 0.241. The Bertz CT molecular complexity index is 1060. The number of carbonyl (C=O) groups excluding carboxylic acids is 2. The van der Waals surface area contributed by atoms with Crippen LogP contribution in [0.15, 0.2) is 48.5 Å². The lowest BCUT2D eigenvalue weighted by atomic mass is 10.0. The van der Waals surface area contributed by atoms with Gasteiger partial charge in [0.2, 0.25) is 0 Å². The Morgan fingerprint density at radius 3 is 2.33 bits per heavy atom. The predicted octanol–water partition coefficient (Wildman–Crippen LogP) is 5.17. The van der Waals surface area contributed by atoms with Crippen LogP contribution < -0.4 is 14.8 Å². The van der Waals surface area contributed by atoms with Gasteiger partial charge in [0, 0.05) is 16.0 Å². The number of ether oxygens (including phenoxy) is 3. The summed E-state index contributed by atoms with van der Waals surface area (Å²) in [5.41, 5.74) is 2.40. The summed E-state index contributed by atoms with van der Waals surface area (Å²) in [6.07, 6.45) is 0. The molecule has 156 valence electrons. The summed E-state index contributed by atoms with van der Waals surface area (Å²) < 4.78 is 15.8. The minimum atomic E-state index is -0.469. The number of benzene rings is 2. The van der Waals surface area contributed by atoms with E-state index in [1.165, 1.54) is 25.6 Å². The van der Waals surface area contributed by atoms with Crippen LogP contribution in [0.3, 0.4) is 0 Å². The maximum absolute atomic E-state index is 12.9. The molecule has 1 N–H and O–H groups in total. The molecule has 0 aliphatic carbocycles. The average molecular weight is 426 g/mol. The van der Waals surface area contributed by atoms with Gasteiger partial charge in [-0.05, 0) is 37.6 Å². The molecular formula is C23H23NO5S. The quantitative estimate of drug-likeness (QED) is 0.529. The van der Waals surface area contributed by atoms with E-state index in [-0.39, 0.29) is 12.5 Å². The number of anilines is 1. The molecule has 1 aromatic heterocycles. The fraction of sp³-hybridized carbons (Fsp3) is 0.217. The van der Waals surface area contributed by atoms with E-state index in [0.717, 1.165) is 16.0 Å². The predicted molar refractivity (Wildman–Crippen MR) is 118 cm³/mol. The molecule has 2 aromatic carbocycles. The van der Waals surface area contributed by atoms with Gasteiger partial charge in [0.15, 0.2) is 11.5 Å². The fourth-order valence-electron chi connectivity index (χ4n) is 3.14. The molecule has 0 aliphatic rings. The second-order valence-electron chi connectivity index (χ2n) is 6.35. The van der Waals surface area contributed by atoms with Gasteiger partial charge in [-0.25, -0.2) is 4.79 Å². The van der Waals surface area contributed by atoms with Gasteiger partial charge < -0.3 is 19.5 Å². The number of rotatable bonds is 7. The van der Waals surface area contributed by atoms with E-state index < -0.39 is 5.97 Å².